The molecule has 0 bridgehead atoms. The lowest BCUT2D eigenvalue weighted by Gasteiger charge is -2.20. The number of hydrogen-bond acceptors (Lipinski definition) is 5. The molecule has 5 heteroatoms. The minimum Gasteiger partial charge on any atom is -0.493 e. The number of methoxy groups -OCH3 is 1. The van der Waals surface area contributed by atoms with Crippen LogP contribution in [0.15, 0.2) is 18.2 Å². The Bertz CT molecular complexity index is 459. The second kappa shape index (κ2) is 6.22. The lowest BCUT2D eigenvalue weighted by Crippen LogP contribution is -2.27. The minimum atomic E-state index is -0.575. The number of benzene rings is 1. The van der Waals surface area contributed by atoms with Crippen LogP contribution in [0, 0.1) is 0 Å². The monoisotopic (exact) mass is 266 g/mol. The Labute approximate surface area is 112 Å². The van der Waals surface area contributed by atoms with Gasteiger partial charge in [-0.3, -0.25) is 4.79 Å². The van der Waals surface area contributed by atoms with Crippen molar-refractivity contribution in [1.29, 1.82) is 0 Å². The van der Waals surface area contributed by atoms with Crippen molar-refractivity contribution in [2.75, 3.05) is 13.7 Å². The first kappa shape index (κ1) is 15.0. The van der Waals surface area contributed by atoms with Crippen LogP contribution in [0.1, 0.15) is 31.1 Å². The van der Waals surface area contributed by atoms with Crippen LogP contribution in [0.2, 0.25) is 0 Å². The van der Waals surface area contributed by atoms with Crippen LogP contribution in [0.3, 0.4) is 0 Å². The van der Waals surface area contributed by atoms with Gasteiger partial charge in [0.05, 0.1) is 12.7 Å². The van der Waals surface area contributed by atoms with Crippen LogP contribution in [-0.2, 0) is 9.53 Å². The third-order valence-corrected chi connectivity index (χ3v) is 2.11. The van der Waals surface area contributed by atoms with Gasteiger partial charge < -0.3 is 14.2 Å². The number of esters is 1. The quantitative estimate of drug-likeness (QED) is 0.604. The van der Waals surface area contributed by atoms with E-state index in [1.165, 1.54) is 7.11 Å². The first-order valence-corrected chi connectivity index (χ1v) is 5.84. The molecule has 0 spiro atoms. The Hall–Kier alpha value is -2.04. The lowest BCUT2D eigenvalue weighted by molar-refractivity contribution is -0.157. The highest BCUT2D eigenvalue weighted by molar-refractivity contribution is 5.81. The summed E-state index contributed by atoms with van der Waals surface area (Å²) in [5.41, 5.74) is -0.253. The van der Waals surface area contributed by atoms with E-state index >= 15 is 0 Å². The minimum absolute atomic E-state index is 0.242. The Morgan fingerprint density at radius 3 is 2.53 bits per heavy atom. The number of hydrogen-bond donors (Lipinski definition) is 0. The van der Waals surface area contributed by atoms with Crippen LogP contribution in [0.4, 0.5) is 0 Å². The van der Waals surface area contributed by atoms with Crippen molar-refractivity contribution in [3.05, 3.63) is 23.8 Å². The number of ether oxygens (including phenoxy) is 3. The van der Waals surface area contributed by atoms with Crippen molar-refractivity contribution in [2.24, 2.45) is 0 Å². The zero-order chi connectivity index (χ0) is 14.5. The summed E-state index contributed by atoms with van der Waals surface area (Å²) in [7, 11) is 1.46. The standard InChI is InChI=1S/C14H18O5/c1-14(2,3)19-12(16)9-18-13-10(8-15)6-5-7-11(13)17-4/h5-8H,9H2,1-4H3. The summed E-state index contributed by atoms with van der Waals surface area (Å²) in [6.45, 7) is 5.03. The van der Waals surface area contributed by atoms with Crippen LogP contribution in [-0.4, -0.2) is 31.6 Å². The van der Waals surface area contributed by atoms with E-state index < -0.39 is 11.6 Å². The average Bonchev–Trinajstić information content (AvgIpc) is 2.33. The van der Waals surface area contributed by atoms with Gasteiger partial charge in [-0.15, -0.1) is 0 Å². The van der Waals surface area contributed by atoms with Gasteiger partial charge in [0.2, 0.25) is 0 Å². The predicted molar refractivity (Wildman–Crippen MR) is 69.7 cm³/mol. The van der Waals surface area contributed by atoms with Crippen molar-refractivity contribution in [3.63, 3.8) is 0 Å². The van der Waals surface area contributed by atoms with Crippen LogP contribution in [0.25, 0.3) is 0 Å². The topological polar surface area (TPSA) is 61.8 Å². The number of carbonyl (C=O) groups is 2. The summed E-state index contributed by atoms with van der Waals surface area (Å²) in [6, 6.07) is 4.90. The lowest BCUT2D eigenvalue weighted by atomic mass is 10.2. The molecule has 1 aromatic rings. The molecule has 0 aliphatic carbocycles. The molecule has 0 atom stereocenters. The van der Waals surface area contributed by atoms with Crippen molar-refractivity contribution in [3.8, 4) is 11.5 Å². The molecule has 0 aromatic heterocycles. The summed E-state index contributed by atoms with van der Waals surface area (Å²) in [6.07, 6.45) is 0.646. The van der Waals surface area contributed by atoms with E-state index in [0.717, 1.165) is 0 Å². The van der Waals surface area contributed by atoms with Crippen LogP contribution < -0.4 is 9.47 Å². The number of carbonyl (C=O) groups excluding carboxylic acids is 2. The molecule has 1 rings (SSSR count). The molecule has 0 amide bonds. The molecule has 0 saturated heterocycles. The van der Waals surface area contributed by atoms with E-state index in [9.17, 15) is 9.59 Å². The van der Waals surface area contributed by atoms with Crippen molar-refractivity contribution in [1.82, 2.24) is 0 Å². The summed E-state index contributed by atoms with van der Waals surface area (Å²) < 4.78 is 15.5. The molecule has 1 aromatic carbocycles. The molecule has 5 nitrogen and oxygen atoms in total. The Morgan fingerprint density at radius 2 is 2.00 bits per heavy atom. The fourth-order valence-electron chi connectivity index (χ4n) is 1.44. The molecular weight excluding hydrogens is 248 g/mol. The van der Waals surface area contributed by atoms with Gasteiger partial charge in [0.25, 0.3) is 0 Å². The molecular formula is C14H18O5. The Kier molecular flexibility index (Phi) is 4.92. The molecule has 0 aliphatic heterocycles. The summed E-state index contributed by atoms with van der Waals surface area (Å²) >= 11 is 0. The van der Waals surface area contributed by atoms with Crippen molar-refractivity contribution < 1.29 is 23.8 Å². The van der Waals surface area contributed by atoms with E-state index in [1.807, 2.05) is 0 Å². The predicted octanol–water partition coefficient (Wildman–Crippen LogP) is 2.23. The smallest absolute Gasteiger partial charge is 0.344 e. The molecule has 0 radical (unpaired) electrons. The zero-order valence-corrected chi connectivity index (χ0v) is 11.6. The third-order valence-electron chi connectivity index (χ3n) is 2.11. The second-order valence-corrected chi connectivity index (χ2v) is 4.87. The van der Waals surface area contributed by atoms with E-state index in [4.69, 9.17) is 14.2 Å². The second-order valence-electron chi connectivity index (χ2n) is 4.87. The molecule has 104 valence electrons. The summed E-state index contributed by atoms with van der Waals surface area (Å²) in [5.74, 6) is 0.134. The van der Waals surface area contributed by atoms with Gasteiger partial charge in [0.1, 0.15) is 5.60 Å². The van der Waals surface area contributed by atoms with E-state index in [0.29, 0.717) is 17.6 Å². The average molecular weight is 266 g/mol. The normalized spacial score (nSPS) is 10.7. The van der Waals surface area contributed by atoms with Gasteiger partial charge in [-0.25, -0.2) is 4.79 Å². The Balaban J connectivity index is 2.77. The van der Waals surface area contributed by atoms with Gasteiger partial charge in [0, 0.05) is 0 Å². The Morgan fingerprint density at radius 1 is 1.32 bits per heavy atom. The van der Waals surface area contributed by atoms with Gasteiger partial charge in [0.15, 0.2) is 24.4 Å². The van der Waals surface area contributed by atoms with E-state index in [2.05, 4.69) is 0 Å². The molecule has 0 saturated carbocycles. The fraction of sp³-hybridized carbons (Fsp3) is 0.429. The SMILES string of the molecule is COc1cccc(C=O)c1OCC(=O)OC(C)(C)C. The maximum absolute atomic E-state index is 11.6. The van der Waals surface area contributed by atoms with E-state index in [1.54, 1.807) is 39.0 Å². The number of rotatable bonds is 5. The van der Waals surface area contributed by atoms with Gasteiger partial charge >= 0.3 is 5.97 Å². The third kappa shape index (κ3) is 4.62. The first-order chi connectivity index (χ1) is 8.87. The highest BCUT2D eigenvalue weighted by Crippen LogP contribution is 2.29. The maximum atomic E-state index is 11.6. The highest BCUT2D eigenvalue weighted by atomic mass is 16.6. The highest BCUT2D eigenvalue weighted by Gasteiger charge is 2.18. The molecule has 0 unspecified atom stereocenters. The summed E-state index contributed by atoms with van der Waals surface area (Å²) in [5, 5.41) is 0. The van der Waals surface area contributed by atoms with Crippen LogP contribution in [0.5, 0.6) is 11.5 Å². The van der Waals surface area contributed by atoms with E-state index in [-0.39, 0.29) is 12.4 Å². The number of para-hydroxylation sites is 1. The van der Waals surface area contributed by atoms with Crippen molar-refractivity contribution >= 4 is 12.3 Å². The molecule has 0 heterocycles. The van der Waals surface area contributed by atoms with Crippen molar-refractivity contribution in [2.45, 2.75) is 26.4 Å². The van der Waals surface area contributed by atoms with Gasteiger partial charge in [-0.05, 0) is 32.9 Å². The molecule has 19 heavy (non-hydrogen) atoms. The van der Waals surface area contributed by atoms with Gasteiger partial charge in [-0.2, -0.15) is 0 Å². The molecule has 0 N–H and O–H groups in total. The maximum Gasteiger partial charge on any atom is 0.344 e. The summed E-state index contributed by atoms with van der Waals surface area (Å²) in [4.78, 5) is 22.5. The van der Waals surface area contributed by atoms with Crippen LogP contribution >= 0.6 is 0 Å². The largest absolute Gasteiger partial charge is 0.493 e. The zero-order valence-electron chi connectivity index (χ0n) is 11.6. The molecule has 0 aliphatic rings. The van der Waals surface area contributed by atoms with Gasteiger partial charge in [-0.1, -0.05) is 6.07 Å². The fourth-order valence-corrected chi connectivity index (χ4v) is 1.44. The first-order valence-electron chi connectivity index (χ1n) is 5.84. The molecule has 0 fully saturated rings. The number of aldehydes is 1.